The Morgan fingerprint density at radius 3 is 1.02 bits per heavy atom. The lowest BCUT2D eigenvalue weighted by molar-refractivity contribution is 0.103. The Hall–Kier alpha value is -5.16. The van der Waals surface area contributed by atoms with Gasteiger partial charge in [-0.2, -0.15) is 0 Å². The van der Waals surface area contributed by atoms with Crippen LogP contribution in [-0.4, -0.2) is 11.6 Å². The number of halogens is 2. The smallest absolute Gasteiger partial charge is 0.193 e. The fourth-order valence-electron chi connectivity index (χ4n) is 4.69. The summed E-state index contributed by atoms with van der Waals surface area (Å²) in [5, 5.41) is 1.16. The standard InChI is InChI=1S/C38H24Cl2O4/c39-29-17-9-25(10-18-29)37(41)27-13-21-31(22-14-27)43-35-7-3-1-5-33(35)34-6-2-4-8-36(34)44-32-23-15-28(16-24-32)38(42)26-11-19-30(40)20-12-26/h1-24H. The number of carbonyl (C=O) groups is 2. The number of rotatable bonds is 9. The largest absolute Gasteiger partial charge is 0.457 e. The maximum atomic E-state index is 12.9. The zero-order valence-corrected chi connectivity index (χ0v) is 24.8. The van der Waals surface area contributed by atoms with Crippen LogP contribution in [-0.2, 0) is 0 Å². The van der Waals surface area contributed by atoms with Crippen molar-refractivity contribution in [2.75, 3.05) is 0 Å². The molecule has 0 radical (unpaired) electrons. The Morgan fingerprint density at radius 2 is 0.682 bits per heavy atom. The maximum Gasteiger partial charge on any atom is 0.193 e. The highest BCUT2D eigenvalue weighted by Crippen LogP contribution is 2.40. The van der Waals surface area contributed by atoms with E-state index >= 15 is 0 Å². The summed E-state index contributed by atoms with van der Waals surface area (Å²) in [7, 11) is 0. The van der Waals surface area contributed by atoms with Crippen LogP contribution in [0, 0.1) is 0 Å². The van der Waals surface area contributed by atoms with E-state index < -0.39 is 0 Å². The van der Waals surface area contributed by atoms with Crippen molar-refractivity contribution in [2.24, 2.45) is 0 Å². The van der Waals surface area contributed by atoms with Gasteiger partial charge in [-0.15, -0.1) is 0 Å². The molecule has 0 amide bonds. The van der Waals surface area contributed by atoms with Gasteiger partial charge in [-0.1, -0.05) is 59.6 Å². The Labute approximate surface area is 265 Å². The van der Waals surface area contributed by atoms with Gasteiger partial charge in [0.15, 0.2) is 11.6 Å². The van der Waals surface area contributed by atoms with E-state index in [4.69, 9.17) is 32.7 Å². The molecular formula is C38H24Cl2O4. The third kappa shape index (κ3) is 6.57. The summed E-state index contributed by atoms with van der Waals surface area (Å²) in [5.74, 6) is 2.24. The normalized spacial score (nSPS) is 10.7. The molecule has 0 unspecified atom stereocenters. The predicted molar refractivity (Wildman–Crippen MR) is 175 cm³/mol. The molecule has 0 atom stereocenters. The number of hydrogen-bond donors (Lipinski definition) is 0. The molecule has 0 aromatic heterocycles. The van der Waals surface area contributed by atoms with Crippen LogP contribution >= 0.6 is 23.2 Å². The first-order valence-electron chi connectivity index (χ1n) is 13.8. The number of hydrogen-bond acceptors (Lipinski definition) is 4. The Morgan fingerprint density at radius 1 is 0.386 bits per heavy atom. The minimum Gasteiger partial charge on any atom is -0.457 e. The Balaban J connectivity index is 1.20. The molecule has 6 aromatic carbocycles. The van der Waals surface area contributed by atoms with Gasteiger partial charge in [0.05, 0.1) is 0 Å². The van der Waals surface area contributed by atoms with E-state index in [1.165, 1.54) is 0 Å². The van der Waals surface area contributed by atoms with Crippen LogP contribution in [0.4, 0.5) is 0 Å². The van der Waals surface area contributed by atoms with Crippen molar-refractivity contribution < 1.29 is 19.1 Å². The van der Waals surface area contributed by atoms with Crippen molar-refractivity contribution in [3.8, 4) is 34.1 Å². The van der Waals surface area contributed by atoms with Crippen molar-refractivity contribution in [3.63, 3.8) is 0 Å². The van der Waals surface area contributed by atoms with Gasteiger partial charge in [0.2, 0.25) is 0 Å². The van der Waals surface area contributed by atoms with Crippen LogP contribution in [0.25, 0.3) is 11.1 Å². The first-order chi connectivity index (χ1) is 21.4. The highest BCUT2D eigenvalue weighted by atomic mass is 35.5. The van der Waals surface area contributed by atoms with Crippen molar-refractivity contribution in [1.29, 1.82) is 0 Å². The van der Waals surface area contributed by atoms with E-state index in [1.807, 2.05) is 48.5 Å². The zero-order chi connectivity index (χ0) is 30.5. The van der Waals surface area contributed by atoms with Crippen LogP contribution in [0.15, 0.2) is 146 Å². The number of ether oxygens (including phenoxy) is 2. The summed E-state index contributed by atoms with van der Waals surface area (Å²) >= 11 is 11.9. The minimum atomic E-state index is -0.0953. The van der Waals surface area contributed by atoms with Gasteiger partial charge >= 0.3 is 0 Å². The molecule has 6 rings (SSSR count). The fraction of sp³-hybridized carbons (Fsp3) is 0. The molecular weight excluding hydrogens is 591 g/mol. The van der Waals surface area contributed by atoms with Crippen molar-refractivity contribution in [1.82, 2.24) is 0 Å². The van der Waals surface area contributed by atoms with Crippen LogP contribution in [0.1, 0.15) is 31.8 Å². The third-order valence-electron chi connectivity index (χ3n) is 6.97. The number of ketones is 2. The van der Waals surface area contributed by atoms with E-state index in [-0.39, 0.29) is 11.6 Å². The van der Waals surface area contributed by atoms with Crippen molar-refractivity contribution in [3.05, 3.63) is 178 Å². The fourth-order valence-corrected chi connectivity index (χ4v) is 4.95. The summed E-state index contributed by atoms with van der Waals surface area (Å²) in [6.45, 7) is 0. The van der Waals surface area contributed by atoms with Gasteiger partial charge in [0.25, 0.3) is 0 Å². The van der Waals surface area contributed by atoms with E-state index in [1.54, 1.807) is 97.1 Å². The summed E-state index contributed by atoms with van der Waals surface area (Å²) in [4.78, 5) is 25.7. The van der Waals surface area contributed by atoms with E-state index in [0.29, 0.717) is 55.3 Å². The Kier molecular flexibility index (Phi) is 8.55. The number of benzene rings is 6. The lowest BCUT2D eigenvalue weighted by Gasteiger charge is -2.15. The molecule has 0 N–H and O–H groups in total. The lowest BCUT2D eigenvalue weighted by Crippen LogP contribution is -2.01. The summed E-state index contributed by atoms with van der Waals surface area (Å²) in [6, 6.07) is 43.1. The molecule has 6 heteroatoms. The summed E-state index contributed by atoms with van der Waals surface area (Å²) in [6.07, 6.45) is 0. The molecule has 0 heterocycles. The Bertz CT molecular complexity index is 1790. The van der Waals surface area contributed by atoms with E-state index in [9.17, 15) is 9.59 Å². The quantitative estimate of drug-likeness (QED) is 0.152. The second-order valence-corrected chi connectivity index (χ2v) is 10.8. The summed E-state index contributed by atoms with van der Waals surface area (Å²) in [5.41, 5.74) is 3.89. The van der Waals surface area contributed by atoms with E-state index in [0.717, 1.165) is 11.1 Å². The molecule has 4 nitrogen and oxygen atoms in total. The first-order valence-corrected chi connectivity index (χ1v) is 14.5. The van der Waals surface area contributed by atoms with Gasteiger partial charge in [-0.25, -0.2) is 0 Å². The maximum absolute atomic E-state index is 12.9. The second kappa shape index (κ2) is 13.0. The molecule has 44 heavy (non-hydrogen) atoms. The highest BCUT2D eigenvalue weighted by Gasteiger charge is 2.15. The summed E-state index contributed by atoms with van der Waals surface area (Å²) < 4.78 is 12.6. The second-order valence-electron chi connectivity index (χ2n) is 9.92. The molecule has 6 aromatic rings. The van der Waals surface area contributed by atoms with Crippen molar-refractivity contribution >= 4 is 34.8 Å². The predicted octanol–water partition coefficient (Wildman–Crippen LogP) is 10.7. The topological polar surface area (TPSA) is 52.6 Å². The van der Waals surface area contributed by atoms with Crippen molar-refractivity contribution in [2.45, 2.75) is 0 Å². The van der Waals surface area contributed by atoms with Gasteiger partial charge in [0.1, 0.15) is 23.0 Å². The minimum absolute atomic E-state index is 0.0953. The molecule has 0 fully saturated rings. The monoisotopic (exact) mass is 614 g/mol. The first kappa shape index (κ1) is 28.9. The molecule has 214 valence electrons. The van der Waals surface area contributed by atoms with Crippen LogP contribution < -0.4 is 9.47 Å². The molecule has 0 bridgehead atoms. The highest BCUT2D eigenvalue weighted by molar-refractivity contribution is 6.31. The zero-order valence-electron chi connectivity index (χ0n) is 23.2. The third-order valence-corrected chi connectivity index (χ3v) is 7.47. The molecule has 0 aliphatic carbocycles. The van der Waals surface area contributed by atoms with Gasteiger partial charge in [0, 0.05) is 43.4 Å². The number of carbonyl (C=O) groups excluding carboxylic acids is 2. The molecule has 0 aliphatic rings. The van der Waals surface area contributed by atoms with Crippen LogP contribution in [0.3, 0.4) is 0 Å². The number of para-hydroxylation sites is 2. The SMILES string of the molecule is O=C(c1ccc(Cl)cc1)c1ccc(Oc2ccccc2-c2ccccc2Oc2ccc(C(=O)c3ccc(Cl)cc3)cc2)cc1. The molecule has 0 saturated heterocycles. The van der Waals surface area contributed by atoms with Gasteiger partial charge < -0.3 is 9.47 Å². The van der Waals surface area contributed by atoms with Crippen LogP contribution in [0.5, 0.6) is 23.0 Å². The van der Waals surface area contributed by atoms with E-state index in [2.05, 4.69) is 0 Å². The molecule has 0 saturated carbocycles. The van der Waals surface area contributed by atoms with Crippen LogP contribution in [0.2, 0.25) is 10.0 Å². The lowest BCUT2D eigenvalue weighted by atomic mass is 10.0. The van der Waals surface area contributed by atoms with Gasteiger partial charge in [-0.05, 0) is 109 Å². The molecule has 0 aliphatic heterocycles. The average Bonchev–Trinajstić information content (AvgIpc) is 3.06. The van der Waals surface area contributed by atoms with Gasteiger partial charge in [-0.3, -0.25) is 9.59 Å². The molecule has 0 spiro atoms. The average molecular weight is 616 g/mol.